The van der Waals surface area contributed by atoms with E-state index in [1.54, 1.807) is 0 Å². The average molecular weight is 391 g/mol. The van der Waals surface area contributed by atoms with E-state index in [0.29, 0.717) is 11.1 Å². The molecule has 4 rings (SSSR count). The molecule has 0 spiro atoms. The van der Waals surface area contributed by atoms with Crippen LogP contribution in [0.2, 0.25) is 0 Å². The van der Waals surface area contributed by atoms with Gasteiger partial charge in [-0.1, -0.05) is 36.0 Å². The number of aromatic nitrogens is 3. The zero-order chi connectivity index (χ0) is 19.8. The number of carbonyl (C=O) groups excluding carboxylic acids is 1. The predicted molar refractivity (Wildman–Crippen MR) is 112 cm³/mol. The maximum absolute atomic E-state index is 12.9. The van der Waals surface area contributed by atoms with Crippen molar-refractivity contribution < 1.29 is 9.21 Å². The Morgan fingerprint density at radius 1 is 1.07 bits per heavy atom. The quantitative estimate of drug-likeness (QED) is 0.363. The molecule has 0 aliphatic carbocycles. The van der Waals surface area contributed by atoms with Crippen LogP contribution in [0.4, 0.5) is 0 Å². The van der Waals surface area contributed by atoms with Crippen molar-refractivity contribution in [1.82, 2.24) is 15.2 Å². The molecule has 0 saturated carbocycles. The minimum atomic E-state index is 0.0821. The highest BCUT2D eigenvalue weighted by Crippen LogP contribution is 2.30. The molecule has 2 aromatic carbocycles. The Kier molecular flexibility index (Phi) is 4.81. The Hall–Kier alpha value is -2.86. The fourth-order valence-corrected chi connectivity index (χ4v) is 4.10. The van der Waals surface area contributed by atoms with Crippen LogP contribution in [0.25, 0.3) is 22.4 Å². The molecule has 0 aliphatic heterocycles. The van der Waals surface area contributed by atoms with E-state index in [1.807, 2.05) is 58.2 Å². The van der Waals surface area contributed by atoms with E-state index in [1.165, 1.54) is 11.8 Å². The van der Waals surface area contributed by atoms with Crippen LogP contribution in [0.1, 0.15) is 32.6 Å². The number of thioether (sulfide) groups is 1. The van der Waals surface area contributed by atoms with Gasteiger partial charge < -0.3 is 9.40 Å². The van der Waals surface area contributed by atoms with Gasteiger partial charge in [-0.3, -0.25) is 4.79 Å². The number of nitrogens with one attached hydrogen (secondary N) is 1. The first-order chi connectivity index (χ1) is 13.5. The smallest absolute Gasteiger partial charge is 0.277 e. The summed E-state index contributed by atoms with van der Waals surface area (Å²) in [7, 11) is 0. The lowest BCUT2D eigenvalue weighted by molar-refractivity contribution is 0.102. The van der Waals surface area contributed by atoms with Gasteiger partial charge in [0.05, 0.1) is 11.3 Å². The summed E-state index contributed by atoms with van der Waals surface area (Å²) in [6.45, 7) is 8.08. The van der Waals surface area contributed by atoms with Gasteiger partial charge in [0.2, 0.25) is 0 Å². The summed E-state index contributed by atoms with van der Waals surface area (Å²) in [5.41, 5.74) is 7.04. The molecule has 0 radical (unpaired) electrons. The molecular formula is C22H21N3O2S. The monoisotopic (exact) mass is 391 g/mol. The van der Waals surface area contributed by atoms with Crippen molar-refractivity contribution >= 4 is 28.4 Å². The standard InChI is InChI=1S/C22H21N3O2S/c1-12-9-13(2)15(4)20(14(12)3)19(26)11-28-22-25-24-21(27-22)17-10-23-18-8-6-5-7-16(17)18/h5-10,23H,11H2,1-4H3. The summed E-state index contributed by atoms with van der Waals surface area (Å²) in [5.74, 6) is 0.796. The van der Waals surface area contributed by atoms with E-state index in [-0.39, 0.29) is 11.5 Å². The normalized spacial score (nSPS) is 11.3. The van der Waals surface area contributed by atoms with Crippen LogP contribution in [0, 0.1) is 27.7 Å². The lowest BCUT2D eigenvalue weighted by Gasteiger charge is -2.13. The van der Waals surface area contributed by atoms with Crippen LogP contribution in [-0.2, 0) is 0 Å². The Morgan fingerprint density at radius 3 is 2.54 bits per heavy atom. The van der Waals surface area contributed by atoms with Crippen molar-refractivity contribution in [2.75, 3.05) is 5.75 Å². The fourth-order valence-electron chi connectivity index (χ4n) is 3.46. The van der Waals surface area contributed by atoms with E-state index in [4.69, 9.17) is 4.42 Å². The summed E-state index contributed by atoms with van der Waals surface area (Å²) < 4.78 is 5.80. The molecule has 0 saturated heterocycles. The Morgan fingerprint density at radius 2 is 1.79 bits per heavy atom. The SMILES string of the molecule is Cc1cc(C)c(C)c(C(=O)CSc2nnc(-c3c[nH]c4ccccc34)o2)c1C. The van der Waals surface area contributed by atoms with E-state index >= 15 is 0 Å². The number of rotatable bonds is 5. The van der Waals surface area contributed by atoms with E-state index in [0.717, 1.165) is 44.3 Å². The summed E-state index contributed by atoms with van der Waals surface area (Å²) >= 11 is 1.28. The van der Waals surface area contributed by atoms with Gasteiger partial charge in [-0.2, -0.15) is 0 Å². The number of carbonyl (C=O) groups is 1. The van der Waals surface area contributed by atoms with Crippen molar-refractivity contribution in [3.8, 4) is 11.5 Å². The van der Waals surface area contributed by atoms with Crippen LogP contribution in [-0.4, -0.2) is 26.7 Å². The third-order valence-corrected chi connectivity index (χ3v) is 6.02. The maximum atomic E-state index is 12.9. The highest BCUT2D eigenvalue weighted by Gasteiger charge is 2.18. The molecule has 4 aromatic rings. The molecule has 142 valence electrons. The largest absolute Gasteiger partial charge is 0.411 e. The molecule has 0 bridgehead atoms. The van der Waals surface area contributed by atoms with Crippen LogP contribution < -0.4 is 0 Å². The van der Waals surface area contributed by atoms with Gasteiger partial charge in [0.1, 0.15) is 0 Å². The number of hydrogen-bond acceptors (Lipinski definition) is 5. The fraction of sp³-hybridized carbons (Fsp3) is 0.227. The first-order valence-electron chi connectivity index (χ1n) is 9.09. The molecule has 0 aliphatic rings. The Bertz CT molecular complexity index is 1160. The van der Waals surface area contributed by atoms with Crippen LogP contribution in [0.3, 0.4) is 0 Å². The Balaban J connectivity index is 1.54. The minimum absolute atomic E-state index is 0.0821. The van der Waals surface area contributed by atoms with Crippen LogP contribution in [0.15, 0.2) is 46.2 Å². The number of nitrogens with zero attached hydrogens (tertiary/aromatic N) is 2. The molecule has 0 unspecified atom stereocenters. The Labute approximate surface area is 167 Å². The molecule has 1 N–H and O–H groups in total. The van der Waals surface area contributed by atoms with Gasteiger partial charge in [-0.25, -0.2) is 0 Å². The lowest BCUT2D eigenvalue weighted by Crippen LogP contribution is -2.10. The van der Waals surface area contributed by atoms with E-state index in [2.05, 4.69) is 21.2 Å². The molecule has 2 heterocycles. The van der Waals surface area contributed by atoms with Crippen molar-refractivity contribution in [2.45, 2.75) is 32.9 Å². The van der Waals surface area contributed by atoms with Crippen molar-refractivity contribution in [3.63, 3.8) is 0 Å². The van der Waals surface area contributed by atoms with Crippen molar-refractivity contribution in [2.24, 2.45) is 0 Å². The first kappa shape index (κ1) is 18.5. The average Bonchev–Trinajstić information content (AvgIpc) is 3.31. The van der Waals surface area contributed by atoms with Crippen molar-refractivity contribution in [3.05, 3.63) is 64.3 Å². The van der Waals surface area contributed by atoms with Gasteiger partial charge in [0.25, 0.3) is 11.1 Å². The number of ketones is 1. The summed E-state index contributed by atoms with van der Waals surface area (Å²) in [4.78, 5) is 16.1. The molecule has 6 heteroatoms. The maximum Gasteiger partial charge on any atom is 0.277 e. The number of hydrogen-bond donors (Lipinski definition) is 1. The zero-order valence-corrected chi connectivity index (χ0v) is 17.1. The summed E-state index contributed by atoms with van der Waals surface area (Å²) in [5, 5.41) is 9.68. The van der Waals surface area contributed by atoms with Gasteiger partial charge >= 0.3 is 0 Å². The molecule has 28 heavy (non-hydrogen) atoms. The van der Waals surface area contributed by atoms with Gasteiger partial charge in [0.15, 0.2) is 5.78 Å². The summed E-state index contributed by atoms with van der Waals surface area (Å²) in [6, 6.07) is 10.1. The minimum Gasteiger partial charge on any atom is -0.411 e. The molecule has 0 amide bonds. The lowest BCUT2D eigenvalue weighted by atomic mass is 9.92. The number of aromatic amines is 1. The summed E-state index contributed by atoms with van der Waals surface area (Å²) in [6.07, 6.45) is 1.86. The van der Waals surface area contributed by atoms with E-state index < -0.39 is 0 Å². The van der Waals surface area contributed by atoms with E-state index in [9.17, 15) is 4.79 Å². The third kappa shape index (κ3) is 3.24. The second kappa shape index (κ2) is 7.28. The van der Waals surface area contributed by atoms with Gasteiger partial charge in [-0.05, 0) is 56.0 Å². The van der Waals surface area contributed by atoms with Crippen LogP contribution in [0.5, 0.6) is 0 Å². The number of aryl methyl sites for hydroxylation is 2. The molecular weight excluding hydrogens is 370 g/mol. The highest BCUT2D eigenvalue weighted by atomic mass is 32.2. The van der Waals surface area contributed by atoms with Crippen molar-refractivity contribution in [1.29, 1.82) is 0 Å². The highest BCUT2D eigenvalue weighted by molar-refractivity contribution is 7.99. The zero-order valence-electron chi connectivity index (χ0n) is 16.3. The van der Waals surface area contributed by atoms with Crippen LogP contribution >= 0.6 is 11.8 Å². The second-order valence-electron chi connectivity index (χ2n) is 6.97. The van der Waals surface area contributed by atoms with Gasteiger partial charge in [-0.15, -0.1) is 10.2 Å². The molecule has 2 aromatic heterocycles. The number of Topliss-reactive ketones (excluding diaryl/α,β-unsaturated/α-hetero) is 1. The predicted octanol–water partition coefficient (Wildman–Crippen LogP) is 5.43. The topological polar surface area (TPSA) is 71.8 Å². The number of fused-ring (bicyclic) bond motifs is 1. The first-order valence-corrected chi connectivity index (χ1v) is 10.1. The van der Waals surface area contributed by atoms with Gasteiger partial charge in [0, 0.05) is 22.7 Å². The molecule has 0 atom stereocenters. The number of para-hydroxylation sites is 1. The second-order valence-corrected chi connectivity index (χ2v) is 7.89. The molecule has 5 nitrogen and oxygen atoms in total. The number of H-pyrrole nitrogens is 1. The number of benzene rings is 2. The molecule has 0 fully saturated rings. The third-order valence-electron chi connectivity index (χ3n) is 5.20.